The predicted molar refractivity (Wildman–Crippen MR) is 82.1 cm³/mol. The summed E-state index contributed by atoms with van der Waals surface area (Å²) in [4.78, 5) is 7.12. The number of nitrogens with two attached hydrogens (primary N) is 1. The molecule has 2 rings (SSSR count). The first-order chi connectivity index (χ1) is 9.74. The summed E-state index contributed by atoms with van der Waals surface area (Å²) in [6, 6.07) is 0.280. The fraction of sp³-hybridized carbons (Fsp3) is 0.800. The van der Waals surface area contributed by atoms with Gasteiger partial charge in [-0.05, 0) is 32.6 Å². The lowest BCUT2D eigenvalue weighted by Gasteiger charge is -2.31. The molecule has 0 bridgehead atoms. The Morgan fingerprint density at radius 1 is 1.45 bits per heavy atom. The molecule has 0 unspecified atom stereocenters. The van der Waals surface area contributed by atoms with Crippen LogP contribution in [0.15, 0.2) is 6.20 Å². The number of hydrogen-bond acceptors (Lipinski definition) is 4. The molecule has 1 aliphatic heterocycles. The highest BCUT2D eigenvalue weighted by atomic mass is 16.5. The fourth-order valence-electron chi connectivity index (χ4n) is 2.72. The zero-order valence-electron chi connectivity index (χ0n) is 12.8. The molecule has 5 nitrogen and oxygen atoms in total. The Morgan fingerprint density at radius 2 is 2.30 bits per heavy atom. The third kappa shape index (κ3) is 3.96. The molecule has 0 aromatic carbocycles. The minimum atomic E-state index is 0.280. The minimum absolute atomic E-state index is 0.280. The van der Waals surface area contributed by atoms with E-state index in [1.165, 1.54) is 0 Å². The maximum absolute atomic E-state index is 6.09. The zero-order valence-corrected chi connectivity index (χ0v) is 12.8. The van der Waals surface area contributed by atoms with Gasteiger partial charge in [0.2, 0.25) is 5.95 Å². The molecular formula is C15H28N4O. The molecule has 0 spiro atoms. The Hall–Kier alpha value is -1.07. The van der Waals surface area contributed by atoms with Crippen LogP contribution in [0.25, 0.3) is 0 Å². The first-order valence-electron chi connectivity index (χ1n) is 7.88. The molecular weight excluding hydrogens is 252 g/mol. The third-order valence-corrected chi connectivity index (χ3v) is 3.80. The number of hydrogen-bond donors (Lipinski definition) is 1. The third-order valence-electron chi connectivity index (χ3n) is 3.80. The van der Waals surface area contributed by atoms with E-state index in [0.717, 1.165) is 70.2 Å². The van der Waals surface area contributed by atoms with Gasteiger partial charge < -0.3 is 19.9 Å². The highest BCUT2D eigenvalue weighted by Gasteiger charge is 2.21. The number of anilines is 1. The molecule has 0 aliphatic carbocycles. The van der Waals surface area contributed by atoms with Gasteiger partial charge in [0.05, 0.1) is 5.69 Å². The second kappa shape index (κ2) is 7.64. The Morgan fingerprint density at radius 3 is 3.00 bits per heavy atom. The summed E-state index contributed by atoms with van der Waals surface area (Å²) in [5, 5.41) is 0. The molecule has 0 radical (unpaired) electrons. The van der Waals surface area contributed by atoms with Gasteiger partial charge in [-0.15, -0.1) is 0 Å². The molecule has 0 saturated carbocycles. The van der Waals surface area contributed by atoms with Crippen LogP contribution < -0.4 is 10.6 Å². The van der Waals surface area contributed by atoms with E-state index in [9.17, 15) is 0 Å². The van der Waals surface area contributed by atoms with Crippen LogP contribution in [-0.4, -0.2) is 41.9 Å². The molecule has 1 fully saturated rings. The van der Waals surface area contributed by atoms with Crippen molar-refractivity contribution < 1.29 is 4.74 Å². The van der Waals surface area contributed by atoms with Crippen molar-refractivity contribution in [2.45, 2.75) is 52.1 Å². The summed E-state index contributed by atoms with van der Waals surface area (Å²) >= 11 is 0. The summed E-state index contributed by atoms with van der Waals surface area (Å²) in [5.41, 5.74) is 7.26. The normalized spacial score (nSPS) is 19.6. The van der Waals surface area contributed by atoms with Crippen molar-refractivity contribution in [1.82, 2.24) is 9.55 Å². The summed E-state index contributed by atoms with van der Waals surface area (Å²) in [7, 11) is 0. The van der Waals surface area contributed by atoms with Gasteiger partial charge in [0.1, 0.15) is 0 Å². The number of ether oxygens (including phenoxy) is 1. The minimum Gasteiger partial charge on any atom is -0.382 e. The zero-order chi connectivity index (χ0) is 14.4. The van der Waals surface area contributed by atoms with Gasteiger partial charge in [-0.2, -0.15) is 0 Å². The summed E-state index contributed by atoms with van der Waals surface area (Å²) < 4.78 is 7.70. The Kier molecular flexibility index (Phi) is 5.86. The number of imidazole rings is 1. The van der Waals surface area contributed by atoms with Gasteiger partial charge in [-0.3, -0.25) is 0 Å². The molecule has 1 atom stereocenters. The predicted octanol–water partition coefficient (Wildman–Crippen LogP) is 1.80. The highest BCUT2D eigenvalue weighted by molar-refractivity contribution is 5.34. The van der Waals surface area contributed by atoms with Gasteiger partial charge in [0, 0.05) is 45.1 Å². The Bertz CT molecular complexity index is 405. The topological polar surface area (TPSA) is 56.3 Å². The summed E-state index contributed by atoms with van der Waals surface area (Å²) in [6.07, 6.45) is 6.48. The van der Waals surface area contributed by atoms with Crippen molar-refractivity contribution in [3.63, 3.8) is 0 Å². The van der Waals surface area contributed by atoms with Gasteiger partial charge in [-0.1, -0.05) is 6.92 Å². The van der Waals surface area contributed by atoms with Gasteiger partial charge in [0.25, 0.3) is 0 Å². The van der Waals surface area contributed by atoms with E-state index in [1.807, 2.05) is 6.92 Å². The number of aryl methyl sites for hydroxylation is 2. The second-order valence-corrected chi connectivity index (χ2v) is 5.48. The molecule has 2 heterocycles. The maximum Gasteiger partial charge on any atom is 0.205 e. The molecule has 114 valence electrons. The van der Waals surface area contributed by atoms with Crippen molar-refractivity contribution in [1.29, 1.82) is 0 Å². The van der Waals surface area contributed by atoms with E-state index in [0.29, 0.717) is 0 Å². The molecule has 1 aliphatic rings. The highest BCUT2D eigenvalue weighted by Crippen LogP contribution is 2.20. The first-order valence-corrected chi connectivity index (χ1v) is 7.88. The molecule has 1 aromatic rings. The van der Waals surface area contributed by atoms with E-state index in [1.54, 1.807) is 0 Å². The molecule has 2 N–H and O–H groups in total. The van der Waals surface area contributed by atoms with Crippen molar-refractivity contribution in [3.8, 4) is 0 Å². The lowest BCUT2D eigenvalue weighted by atomic mass is 10.1. The number of piperidine rings is 1. The van der Waals surface area contributed by atoms with Gasteiger partial charge >= 0.3 is 0 Å². The SMILES string of the molecule is CCOCCCn1cc(CC)nc1N1CCC[C@@H](N)C1. The van der Waals surface area contributed by atoms with Crippen LogP contribution in [0.5, 0.6) is 0 Å². The lowest BCUT2D eigenvalue weighted by molar-refractivity contribution is 0.141. The van der Waals surface area contributed by atoms with Crippen molar-refractivity contribution in [2.75, 3.05) is 31.2 Å². The van der Waals surface area contributed by atoms with Crippen LogP contribution in [-0.2, 0) is 17.7 Å². The molecule has 0 amide bonds. The standard InChI is InChI=1S/C15H28N4O/c1-3-14-12-19(9-6-10-20-4-2)15(17-14)18-8-5-7-13(16)11-18/h12-13H,3-11,16H2,1-2H3/t13-/m1/s1. The summed E-state index contributed by atoms with van der Waals surface area (Å²) in [6.45, 7) is 8.75. The lowest BCUT2D eigenvalue weighted by Crippen LogP contribution is -2.44. The molecule has 20 heavy (non-hydrogen) atoms. The van der Waals surface area contributed by atoms with Crippen LogP contribution in [0.1, 0.15) is 38.8 Å². The second-order valence-electron chi connectivity index (χ2n) is 5.48. The largest absolute Gasteiger partial charge is 0.382 e. The monoisotopic (exact) mass is 280 g/mol. The quantitative estimate of drug-likeness (QED) is 0.774. The number of aromatic nitrogens is 2. The van der Waals surface area contributed by atoms with Crippen LogP contribution in [0.3, 0.4) is 0 Å². The first kappa shape index (κ1) is 15.3. The number of nitrogens with zero attached hydrogens (tertiary/aromatic N) is 3. The van der Waals surface area contributed by atoms with Crippen molar-refractivity contribution >= 4 is 5.95 Å². The average molecular weight is 280 g/mol. The van der Waals surface area contributed by atoms with Crippen molar-refractivity contribution in [3.05, 3.63) is 11.9 Å². The van der Waals surface area contributed by atoms with E-state index >= 15 is 0 Å². The molecule has 1 aromatic heterocycles. The Balaban J connectivity index is 2.03. The average Bonchev–Trinajstić information content (AvgIpc) is 2.87. The van der Waals surface area contributed by atoms with E-state index in [4.69, 9.17) is 15.5 Å². The van der Waals surface area contributed by atoms with Crippen LogP contribution in [0.4, 0.5) is 5.95 Å². The van der Waals surface area contributed by atoms with Crippen LogP contribution in [0.2, 0.25) is 0 Å². The Labute approximate surface area is 122 Å². The molecule has 1 saturated heterocycles. The summed E-state index contributed by atoms with van der Waals surface area (Å²) in [5.74, 6) is 1.09. The van der Waals surface area contributed by atoms with Gasteiger partial charge in [0.15, 0.2) is 0 Å². The van der Waals surface area contributed by atoms with Gasteiger partial charge in [-0.25, -0.2) is 4.98 Å². The van der Waals surface area contributed by atoms with E-state index < -0.39 is 0 Å². The molecule has 5 heteroatoms. The maximum atomic E-state index is 6.09. The smallest absolute Gasteiger partial charge is 0.205 e. The van der Waals surface area contributed by atoms with Crippen molar-refractivity contribution in [2.24, 2.45) is 5.73 Å². The fourth-order valence-corrected chi connectivity index (χ4v) is 2.72. The number of rotatable bonds is 7. The van der Waals surface area contributed by atoms with Crippen LogP contribution in [0, 0.1) is 0 Å². The van der Waals surface area contributed by atoms with Crippen LogP contribution >= 0.6 is 0 Å². The van der Waals surface area contributed by atoms with E-state index in [-0.39, 0.29) is 6.04 Å². The van der Waals surface area contributed by atoms with E-state index in [2.05, 4.69) is 22.6 Å².